The van der Waals surface area contributed by atoms with Crippen LogP contribution in [0.5, 0.6) is 0 Å². The molecule has 1 unspecified atom stereocenters. The molecule has 0 radical (unpaired) electrons. The minimum absolute atomic E-state index is 0.0379. The molecule has 1 atom stereocenters. The predicted molar refractivity (Wildman–Crippen MR) is 75.4 cm³/mol. The Morgan fingerprint density at radius 2 is 2.05 bits per heavy atom. The maximum Gasteiger partial charge on any atom is 0.329 e. The van der Waals surface area contributed by atoms with Gasteiger partial charge >= 0.3 is 5.69 Å². The Labute approximate surface area is 117 Å². The van der Waals surface area contributed by atoms with Crippen molar-refractivity contribution in [3.8, 4) is 0 Å². The molecular formula is C13H19N5O2. The van der Waals surface area contributed by atoms with Gasteiger partial charge in [0.2, 0.25) is 11.8 Å². The topological polar surface area (TPSA) is 98.2 Å². The second kappa shape index (κ2) is 5.22. The molecule has 1 aliphatic carbocycles. The van der Waals surface area contributed by atoms with Crippen molar-refractivity contribution in [1.29, 1.82) is 0 Å². The Balaban J connectivity index is 1.94. The number of hydrogen-bond donors (Lipinski definition) is 1. The van der Waals surface area contributed by atoms with Crippen molar-refractivity contribution in [1.82, 2.24) is 9.97 Å². The molecule has 2 fully saturated rings. The molecule has 1 saturated heterocycles. The average Bonchev–Trinajstić information content (AvgIpc) is 3.09. The van der Waals surface area contributed by atoms with Crippen LogP contribution < -0.4 is 10.6 Å². The average molecular weight is 277 g/mol. The van der Waals surface area contributed by atoms with Crippen molar-refractivity contribution < 1.29 is 4.92 Å². The van der Waals surface area contributed by atoms with Crippen molar-refractivity contribution >= 4 is 17.5 Å². The summed E-state index contributed by atoms with van der Waals surface area (Å²) < 4.78 is 0. The Morgan fingerprint density at radius 1 is 1.30 bits per heavy atom. The predicted octanol–water partition coefficient (Wildman–Crippen LogP) is 2.13. The van der Waals surface area contributed by atoms with Crippen molar-refractivity contribution in [2.45, 2.75) is 44.6 Å². The molecule has 3 rings (SSSR count). The smallest absolute Gasteiger partial charge is 0.329 e. The normalized spacial score (nSPS) is 23.4. The summed E-state index contributed by atoms with van der Waals surface area (Å²) in [5.74, 6) is 1.13. The molecule has 108 valence electrons. The van der Waals surface area contributed by atoms with Crippen molar-refractivity contribution in [3.63, 3.8) is 0 Å². The van der Waals surface area contributed by atoms with E-state index in [9.17, 15) is 10.1 Å². The molecule has 1 aromatic heterocycles. The van der Waals surface area contributed by atoms with E-state index >= 15 is 0 Å². The number of aromatic nitrogens is 2. The first-order valence-corrected chi connectivity index (χ1v) is 7.20. The zero-order valence-corrected chi connectivity index (χ0v) is 11.4. The quantitative estimate of drug-likeness (QED) is 0.671. The second-order valence-corrected chi connectivity index (χ2v) is 5.64. The molecule has 0 spiro atoms. The summed E-state index contributed by atoms with van der Waals surface area (Å²) in [5.41, 5.74) is 5.58. The van der Waals surface area contributed by atoms with Crippen LogP contribution in [0.2, 0.25) is 0 Å². The monoisotopic (exact) mass is 277 g/mol. The van der Waals surface area contributed by atoms with Crippen molar-refractivity contribution in [2.24, 2.45) is 5.92 Å². The molecule has 1 saturated carbocycles. The lowest BCUT2D eigenvalue weighted by Crippen LogP contribution is -2.35. The number of anilines is 2. The SMILES string of the molecule is Nc1ncc([N+](=O)[O-])c(N2CCCC2C2CCCC2)n1. The number of nitro groups is 1. The summed E-state index contributed by atoms with van der Waals surface area (Å²) in [7, 11) is 0. The first-order chi connectivity index (χ1) is 9.66. The molecule has 1 aromatic rings. The highest BCUT2D eigenvalue weighted by molar-refractivity contribution is 5.59. The van der Waals surface area contributed by atoms with Gasteiger partial charge in [0, 0.05) is 12.6 Å². The van der Waals surface area contributed by atoms with E-state index < -0.39 is 4.92 Å². The van der Waals surface area contributed by atoms with E-state index in [-0.39, 0.29) is 11.6 Å². The lowest BCUT2D eigenvalue weighted by Gasteiger charge is -2.29. The third kappa shape index (κ3) is 2.28. The summed E-state index contributed by atoms with van der Waals surface area (Å²) in [6.07, 6.45) is 8.34. The molecular weight excluding hydrogens is 258 g/mol. The van der Waals surface area contributed by atoms with Crippen LogP contribution in [0.1, 0.15) is 38.5 Å². The maximum absolute atomic E-state index is 11.2. The highest BCUT2D eigenvalue weighted by Crippen LogP contribution is 2.39. The van der Waals surface area contributed by atoms with Gasteiger partial charge in [0.05, 0.1) is 4.92 Å². The molecule has 7 nitrogen and oxygen atoms in total. The van der Waals surface area contributed by atoms with Crippen LogP contribution in [0.15, 0.2) is 6.20 Å². The Bertz CT molecular complexity index is 515. The fourth-order valence-corrected chi connectivity index (χ4v) is 3.61. The summed E-state index contributed by atoms with van der Waals surface area (Å²) in [5, 5.41) is 11.2. The molecule has 1 aliphatic heterocycles. The minimum Gasteiger partial charge on any atom is -0.368 e. The summed E-state index contributed by atoms with van der Waals surface area (Å²) >= 11 is 0. The molecule has 20 heavy (non-hydrogen) atoms. The van der Waals surface area contributed by atoms with E-state index in [0.29, 0.717) is 17.8 Å². The highest BCUT2D eigenvalue weighted by atomic mass is 16.6. The highest BCUT2D eigenvalue weighted by Gasteiger charge is 2.37. The summed E-state index contributed by atoms with van der Waals surface area (Å²) in [4.78, 5) is 20.7. The first-order valence-electron chi connectivity index (χ1n) is 7.20. The molecule has 0 amide bonds. The van der Waals surface area contributed by atoms with E-state index in [0.717, 1.165) is 19.4 Å². The zero-order chi connectivity index (χ0) is 14.1. The summed E-state index contributed by atoms with van der Waals surface area (Å²) in [6, 6.07) is 0.366. The van der Waals surface area contributed by atoms with Crippen LogP contribution in [0.3, 0.4) is 0 Å². The van der Waals surface area contributed by atoms with Gasteiger partial charge in [-0.05, 0) is 31.6 Å². The van der Waals surface area contributed by atoms with Gasteiger partial charge in [-0.1, -0.05) is 12.8 Å². The fraction of sp³-hybridized carbons (Fsp3) is 0.692. The van der Waals surface area contributed by atoms with Gasteiger partial charge in [-0.2, -0.15) is 4.98 Å². The Morgan fingerprint density at radius 3 is 2.75 bits per heavy atom. The third-order valence-electron chi connectivity index (χ3n) is 4.48. The number of nitrogens with zero attached hydrogens (tertiary/aromatic N) is 4. The Kier molecular flexibility index (Phi) is 3.42. The zero-order valence-electron chi connectivity index (χ0n) is 11.4. The molecule has 2 aliphatic rings. The van der Waals surface area contributed by atoms with E-state index in [1.807, 2.05) is 0 Å². The minimum atomic E-state index is -0.418. The summed E-state index contributed by atoms with van der Waals surface area (Å²) in [6.45, 7) is 0.818. The maximum atomic E-state index is 11.2. The second-order valence-electron chi connectivity index (χ2n) is 5.64. The largest absolute Gasteiger partial charge is 0.368 e. The van der Waals surface area contributed by atoms with E-state index in [1.54, 1.807) is 0 Å². The molecule has 7 heteroatoms. The van der Waals surface area contributed by atoms with Crippen LogP contribution in [0.25, 0.3) is 0 Å². The number of nitrogen functional groups attached to an aromatic ring is 1. The third-order valence-corrected chi connectivity index (χ3v) is 4.48. The van der Waals surface area contributed by atoms with Gasteiger partial charge in [0.1, 0.15) is 6.20 Å². The van der Waals surface area contributed by atoms with Crippen LogP contribution >= 0.6 is 0 Å². The molecule has 0 aromatic carbocycles. The van der Waals surface area contributed by atoms with Gasteiger partial charge in [-0.15, -0.1) is 0 Å². The van der Waals surface area contributed by atoms with Crippen LogP contribution in [0, 0.1) is 16.0 Å². The number of hydrogen-bond acceptors (Lipinski definition) is 6. The number of rotatable bonds is 3. The van der Waals surface area contributed by atoms with Gasteiger partial charge in [0.15, 0.2) is 0 Å². The molecule has 2 N–H and O–H groups in total. The Hall–Kier alpha value is -1.92. The van der Waals surface area contributed by atoms with Gasteiger partial charge < -0.3 is 10.6 Å². The molecule has 2 heterocycles. The lowest BCUT2D eigenvalue weighted by molar-refractivity contribution is -0.384. The van der Waals surface area contributed by atoms with Gasteiger partial charge in [-0.25, -0.2) is 4.98 Å². The van der Waals surface area contributed by atoms with Crippen molar-refractivity contribution in [2.75, 3.05) is 17.2 Å². The van der Waals surface area contributed by atoms with E-state index in [1.165, 1.54) is 31.9 Å². The fourth-order valence-electron chi connectivity index (χ4n) is 3.61. The van der Waals surface area contributed by atoms with Gasteiger partial charge in [0.25, 0.3) is 0 Å². The van der Waals surface area contributed by atoms with E-state index in [4.69, 9.17) is 5.73 Å². The molecule has 0 bridgehead atoms. The van der Waals surface area contributed by atoms with Crippen molar-refractivity contribution in [3.05, 3.63) is 16.3 Å². The van der Waals surface area contributed by atoms with Crippen LogP contribution in [-0.2, 0) is 0 Å². The number of nitrogens with two attached hydrogens (primary N) is 1. The lowest BCUT2D eigenvalue weighted by atomic mass is 9.96. The van der Waals surface area contributed by atoms with Crippen LogP contribution in [-0.4, -0.2) is 27.5 Å². The standard InChI is InChI=1S/C13H19N5O2/c14-13-15-8-11(18(19)20)12(16-13)17-7-3-6-10(17)9-4-1-2-5-9/h8-10H,1-7H2,(H2,14,15,16). The van der Waals surface area contributed by atoms with E-state index in [2.05, 4.69) is 14.9 Å². The first kappa shape index (κ1) is 13.1. The van der Waals surface area contributed by atoms with Crippen LogP contribution in [0.4, 0.5) is 17.5 Å². The van der Waals surface area contributed by atoms with Gasteiger partial charge in [-0.3, -0.25) is 10.1 Å².